The molecule has 0 aliphatic heterocycles. The first-order chi connectivity index (χ1) is 15.0. The third-order valence-electron chi connectivity index (χ3n) is 5.83. The van der Waals surface area contributed by atoms with Gasteiger partial charge < -0.3 is 9.30 Å². The third kappa shape index (κ3) is 3.79. The Balaban J connectivity index is 1.60. The highest BCUT2D eigenvalue weighted by Crippen LogP contribution is 2.40. The largest absolute Gasteiger partial charge is 0.457 e. The van der Waals surface area contributed by atoms with Crippen LogP contribution in [-0.4, -0.2) is 10.4 Å². The molecule has 1 aromatic heterocycles. The molecule has 0 bridgehead atoms. The van der Waals surface area contributed by atoms with Crippen molar-refractivity contribution in [3.63, 3.8) is 0 Å². The number of rotatable bonds is 4. The molecule has 3 aromatic carbocycles. The van der Waals surface area contributed by atoms with Crippen LogP contribution in [0.1, 0.15) is 36.3 Å². The van der Waals surface area contributed by atoms with Gasteiger partial charge in [0.05, 0.1) is 5.69 Å². The Kier molecular flexibility index (Phi) is 4.74. The number of ketones is 1. The molecule has 0 N–H and O–H groups in total. The zero-order chi connectivity index (χ0) is 21.4. The van der Waals surface area contributed by atoms with E-state index in [9.17, 15) is 4.79 Å². The van der Waals surface area contributed by atoms with Crippen LogP contribution < -0.4 is 4.74 Å². The zero-order valence-corrected chi connectivity index (χ0v) is 17.8. The lowest BCUT2D eigenvalue weighted by molar-refractivity contribution is 0.0911. The highest BCUT2D eigenvalue weighted by Gasteiger charge is 2.34. The van der Waals surface area contributed by atoms with E-state index in [4.69, 9.17) is 4.74 Å². The molecule has 4 aromatic rings. The molecule has 0 saturated heterocycles. The molecule has 0 radical (unpaired) electrons. The van der Waals surface area contributed by atoms with Crippen LogP contribution in [0, 0.1) is 5.41 Å². The van der Waals surface area contributed by atoms with Gasteiger partial charge in [0.1, 0.15) is 11.5 Å². The van der Waals surface area contributed by atoms with Gasteiger partial charge in [0.15, 0.2) is 5.78 Å². The Morgan fingerprint density at radius 1 is 0.774 bits per heavy atom. The summed E-state index contributed by atoms with van der Waals surface area (Å²) in [6, 6.07) is 30.2. The van der Waals surface area contributed by atoms with E-state index in [0.717, 1.165) is 46.1 Å². The first kappa shape index (κ1) is 19.4. The Morgan fingerprint density at radius 2 is 1.39 bits per heavy atom. The first-order valence-electron chi connectivity index (χ1n) is 10.7. The van der Waals surface area contributed by atoms with Crippen molar-refractivity contribution in [2.75, 3.05) is 0 Å². The first-order valence-corrected chi connectivity index (χ1v) is 10.7. The molecule has 1 heterocycles. The van der Waals surface area contributed by atoms with Crippen LogP contribution in [0.4, 0.5) is 0 Å². The number of benzene rings is 3. The molecule has 0 atom stereocenters. The molecular weight excluding hydrogens is 382 g/mol. The average molecular weight is 408 g/mol. The van der Waals surface area contributed by atoms with E-state index in [0.29, 0.717) is 6.42 Å². The van der Waals surface area contributed by atoms with E-state index in [1.54, 1.807) is 0 Å². The molecule has 154 valence electrons. The quantitative estimate of drug-likeness (QED) is 0.361. The molecule has 0 unspecified atom stereocenters. The summed E-state index contributed by atoms with van der Waals surface area (Å²) in [6.45, 7) is 4.34. The van der Waals surface area contributed by atoms with Crippen molar-refractivity contribution >= 4 is 5.78 Å². The normalized spacial score (nSPS) is 14.8. The number of fused-ring (bicyclic) bond motifs is 1. The van der Waals surface area contributed by atoms with Crippen molar-refractivity contribution in [1.29, 1.82) is 0 Å². The van der Waals surface area contributed by atoms with Gasteiger partial charge in [-0.05, 0) is 59.9 Å². The molecular formula is C28H25NO2. The third-order valence-corrected chi connectivity index (χ3v) is 5.83. The lowest BCUT2D eigenvalue weighted by Crippen LogP contribution is -2.27. The second kappa shape index (κ2) is 7.59. The van der Waals surface area contributed by atoms with Gasteiger partial charge >= 0.3 is 0 Å². The fourth-order valence-electron chi connectivity index (χ4n) is 4.42. The fraction of sp³-hybridized carbons (Fsp3) is 0.179. The number of hydrogen-bond acceptors (Lipinski definition) is 2. The smallest absolute Gasteiger partial charge is 0.165 e. The van der Waals surface area contributed by atoms with Gasteiger partial charge in [0.2, 0.25) is 0 Å². The van der Waals surface area contributed by atoms with Gasteiger partial charge in [-0.2, -0.15) is 0 Å². The molecule has 1 aliphatic rings. The molecule has 1 aliphatic carbocycles. The second-order valence-corrected chi connectivity index (χ2v) is 8.94. The highest BCUT2D eigenvalue weighted by molar-refractivity contribution is 6.00. The van der Waals surface area contributed by atoms with Gasteiger partial charge in [-0.25, -0.2) is 0 Å². The van der Waals surface area contributed by atoms with Crippen molar-refractivity contribution in [3.8, 4) is 28.4 Å². The Morgan fingerprint density at radius 3 is 2.06 bits per heavy atom. The summed E-state index contributed by atoms with van der Waals surface area (Å²) in [5.41, 5.74) is 5.08. The number of Topliss-reactive ketones (excluding diaryl/α,β-unsaturated/α-hetero) is 1. The number of para-hydroxylation sites is 1. The molecule has 3 nitrogen and oxygen atoms in total. The van der Waals surface area contributed by atoms with Gasteiger partial charge in [0, 0.05) is 23.4 Å². The predicted molar refractivity (Wildman–Crippen MR) is 124 cm³/mol. The van der Waals surface area contributed by atoms with Gasteiger partial charge in [0.25, 0.3) is 0 Å². The average Bonchev–Trinajstić information content (AvgIpc) is 3.14. The van der Waals surface area contributed by atoms with Crippen LogP contribution in [0.5, 0.6) is 11.5 Å². The molecule has 0 saturated carbocycles. The summed E-state index contributed by atoms with van der Waals surface area (Å²) in [6.07, 6.45) is 1.45. The SMILES string of the molecule is CC1(C)CC(=O)c2cc(-c3ccccc3)n(-c3ccc(Oc4ccccc4)cc3)c2C1. The van der Waals surface area contributed by atoms with E-state index >= 15 is 0 Å². The molecule has 0 spiro atoms. The second-order valence-electron chi connectivity index (χ2n) is 8.94. The molecule has 31 heavy (non-hydrogen) atoms. The predicted octanol–water partition coefficient (Wildman–Crippen LogP) is 7.09. The van der Waals surface area contributed by atoms with Gasteiger partial charge in [-0.1, -0.05) is 62.4 Å². The van der Waals surface area contributed by atoms with E-state index in [2.05, 4.69) is 48.7 Å². The van der Waals surface area contributed by atoms with E-state index < -0.39 is 0 Å². The van der Waals surface area contributed by atoms with E-state index in [1.807, 2.05) is 60.7 Å². The van der Waals surface area contributed by atoms with Crippen LogP contribution in [0.3, 0.4) is 0 Å². The maximum atomic E-state index is 13.0. The monoisotopic (exact) mass is 407 g/mol. The maximum Gasteiger partial charge on any atom is 0.165 e. The minimum Gasteiger partial charge on any atom is -0.457 e. The van der Waals surface area contributed by atoms with Crippen molar-refractivity contribution < 1.29 is 9.53 Å². The summed E-state index contributed by atoms with van der Waals surface area (Å²) < 4.78 is 8.21. The lowest BCUT2D eigenvalue weighted by Gasteiger charge is -2.30. The number of carbonyl (C=O) groups excluding carboxylic acids is 1. The molecule has 0 fully saturated rings. The van der Waals surface area contributed by atoms with E-state index in [1.165, 1.54) is 0 Å². The van der Waals surface area contributed by atoms with Crippen LogP contribution in [0.15, 0.2) is 91.0 Å². The number of aromatic nitrogens is 1. The summed E-state index contributed by atoms with van der Waals surface area (Å²) in [7, 11) is 0. The van der Waals surface area contributed by atoms with Gasteiger partial charge in [-0.3, -0.25) is 4.79 Å². The summed E-state index contributed by atoms with van der Waals surface area (Å²) >= 11 is 0. The summed E-state index contributed by atoms with van der Waals surface area (Å²) in [4.78, 5) is 13.0. The van der Waals surface area contributed by atoms with E-state index in [-0.39, 0.29) is 11.2 Å². The maximum absolute atomic E-state index is 13.0. The standard InChI is InChI=1S/C28H25NO2/c1-28(2)18-26-24(27(30)19-28)17-25(20-9-5-3-6-10-20)29(26)21-13-15-23(16-14-21)31-22-11-7-4-8-12-22/h3-17H,18-19H2,1-2H3. The number of nitrogens with zero attached hydrogens (tertiary/aromatic N) is 1. The molecule has 5 rings (SSSR count). The molecule has 0 amide bonds. The number of carbonyl (C=O) groups is 1. The Bertz CT molecular complexity index is 1220. The van der Waals surface area contributed by atoms with Crippen LogP contribution in [-0.2, 0) is 6.42 Å². The van der Waals surface area contributed by atoms with Crippen molar-refractivity contribution in [3.05, 3.63) is 102 Å². The summed E-state index contributed by atoms with van der Waals surface area (Å²) in [5.74, 6) is 1.82. The van der Waals surface area contributed by atoms with Crippen LogP contribution in [0.25, 0.3) is 16.9 Å². The topological polar surface area (TPSA) is 31.2 Å². The minimum absolute atomic E-state index is 0.0511. The minimum atomic E-state index is -0.0511. The summed E-state index contributed by atoms with van der Waals surface area (Å²) in [5, 5.41) is 0. The van der Waals surface area contributed by atoms with Crippen LogP contribution >= 0.6 is 0 Å². The van der Waals surface area contributed by atoms with Crippen LogP contribution in [0.2, 0.25) is 0 Å². The fourth-order valence-corrected chi connectivity index (χ4v) is 4.42. The van der Waals surface area contributed by atoms with Crippen molar-refractivity contribution in [2.45, 2.75) is 26.7 Å². The zero-order valence-electron chi connectivity index (χ0n) is 17.8. The Hall–Kier alpha value is -3.59. The van der Waals surface area contributed by atoms with Gasteiger partial charge in [-0.15, -0.1) is 0 Å². The lowest BCUT2D eigenvalue weighted by atomic mass is 9.76. The highest BCUT2D eigenvalue weighted by atomic mass is 16.5. The Labute approximate surface area is 182 Å². The number of hydrogen-bond donors (Lipinski definition) is 0. The number of ether oxygens (including phenoxy) is 1. The van der Waals surface area contributed by atoms with Crippen molar-refractivity contribution in [1.82, 2.24) is 4.57 Å². The molecule has 3 heteroatoms. The van der Waals surface area contributed by atoms with Crippen molar-refractivity contribution in [2.24, 2.45) is 5.41 Å².